The molecule has 0 aliphatic carbocycles. The molecule has 0 aliphatic rings. The molecule has 134 valence electrons. The molecule has 3 rings (SSSR count). The largest absolute Gasteiger partial charge is 0.364 e. The van der Waals surface area contributed by atoms with Crippen LogP contribution in [0.25, 0.3) is 10.9 Å². The van der Waals surface area contributed by atoms with E-state index in [0.717, 1.165) is 23.0 Å². The summed E-state index contributed by atoms with van der Waals surface area (Å²) in [5, 5.41) is 0.894. The Kier molecular flexibility index (Phi) is 5.07. The normalized spacial score (nSPS) is 10.8. The lowest BCUT2D eigenvalue weighted by Crippen LogP contribution is -2.34. The van der Waals surface area contributed by atoms with Crippen LogP contribution in [0.4, 0.5) is 5.69 Å². The smallest absolute Gasteiger partial charge is 0.265 e. The van der Waals surface area contributed by atoms with Crippen LogP contribution in [0.1, 0.15) is 29.9 Å². The number of likely N-dealkylation sites (N-methyl/N-ethyl adjacent to an activating group) is 1. The van der Waals surface area contributed by atoms with Crippen molar-refractivity contribution in [2.45, 2.75) is 26.8 Å². The Hall–Kier alpha value is -3.08. The molecule has 3 aromatic rings. The summed E-state index contributed by atoms with van der Waals surface area (Å²) in [6.45, 7) is 4.65. The van der Waals surface area contributed by atoms with Crippen molar-refractivity contribution >= 4 is 28.4 Å². The fraction of sp³-hybridized carbons (Fsp3) is 0.238. The van der Waals surface area contributed by atoms with Crippen molar-refractivity contribution < 1.29 is 9.59 Å². The van der Waals surface area contributed by atoms with E-state index in [2.05, 4.69) is 6.92 Å². The lowest BCUT2D eigenvalue weighted by molar-refractivity contribution is -0.119. The quantitative estimate of drug-likeness (QED) is 0.741. The van der Waals surface area contributed by atoms with Gasteiger partial charge in [0.1, 0.15) is 12.2 Å². The molecule has 2 aromatic carbocycles. The highest BCUT2D eigenvalue weighted by Gasteiger charge is 2.19. The van der Waals surface area contributed by atoms with E-state index in [9.17, 15) is 9.59 Å². The highest BCUT2D eigenvalue weighted by atomic mass is 16.2. The van der Waals surface area contributed by atoms with Crippen molar-refractivity contribution in [2.24, 2.45) is 5.73 Å². The number of carbonyl (C=O) groups excluding carboxylic acids is 2. The van der Waals surface area contributed by atoms with E-state index in [-0.39, 0.29) is 12.5 Å². The standard InChI is InChI=1S/C21H23N3O2/c1-3-15-8-7-10-17(12-15)23(4-2)20(25)14-24-18-11-6-5-9-16(18)13-19(24)21(22)26/h5-13H,3-4,14H2,1-2H3,(H2,22,26). The minimum atomic E-state index is -0.537. The first-order valence-electron chi connectivity index (χ1n) is 8.82. The number of aryl methyl sites for hydroxylation is 1. The molecule has 0 unspecified atom stereocenters. The molecule has 0 saturated heterocycles. The van der Waals surface area contributed by atoms with Crippen molar-refractivity contribution in [3.63, 3.8) is 0 Å². The number of primary amides is 1. The minimum absolute atomic E-state index is 0.0655. The Morgan fingerprint density at radius 3 is 2.50 bits per heavy atom. The molecule has 26 heavy (non-hydrogen) atoms. The van der Waals surface area contributed by atoms with Gasteiger partial charge in [0, 0.05) is 23.1 Å². The second kappa shape index (κ2) is 7.44. The van der Waals surface area contributed by atoms with Crippen LogP contribution in [-0.2, 0) is 17.8 Å². The van der Waals surface area contributed by atoms with Gasteiger partial charge >= 0.3 is 0 Å². The van der Waals surface area contributed by atoms with E-state index in [1.165, 1.54) is 5.56 Å². The third kappa shape index (κ3) is 3.33. The van der Waals surface area contributed by atoms with Crippen LogP contribution >= 0.6 is 0 Å². The van der Waals surface area contributed by atoms with Gasteiger partial charge in [-0.3, -0.25) is 9.59 Å². The van der Waals surface area contributed by atoms with Crippen LogP contribution in [-0.4, -0.2) is 22.9 Å². The Morgan fingerprint density at radius 1 is 1.04 bits per heavy atom. The molecule has 0 spiro atoms. The summed E-state index contributed by atoms with van der Waals surface area (Å²) in [6.07, 6.45) is 0.910. The monoisotopic (exact) mass is 349 g/mol. The second-order valence-corrected chi connectivity index (χ2v) is 6.20. The van der Waals surface area contributed by atoms with E-state index < -0.39 is 5.91 Å². The molecule has 1 heterocycles. The maximum absolute atomic E-state index is 13.0. The number of carbonyl (C=O) groups is 2. The van der Waals surface area contributed by atoms with E-state index in [0.29, 0.717) is 12.2 Å². The van der Waals surface area contributed by atoms with Crippen LogP contribution in [0.2, 0.25) is 0 Å². The highest BCUT2D eigenvalue weighted by molar-refractivity contribution is 6.00. The number of rotatable bonds is 6. The molecular formula is C21H23N3O2. The molecule has 0 fully saturated rings. The molecule has 5 heteroatoms. The fourth-order valence-corrected chi connectivity index (χ4v) is 3.25. The lowest BCUT2D eigenvalue weighted by atomic mass is 10.1. The zero-order valence-corrected chi connectivity index (χ0v) is 15.1. The van der Waals surface area contributed by atoms with Crippen molar-refractivity contribution in [2.75, 3.05) is 11.4 Å². The van der Waals surface area contributed by atoms with E-state index >= 15 is 0 Å². The summed E-state index contributed by atoms with van der Waals surface area (Å²) in [7, 11) is 0. The van der Waals surface area contributed by atoms with Gasteiger partial charge in [0.05, 0.1) is 0 Å². The average molecular weight is 349 g/mol. The Balaban J connectivity index is 1.97. The van der Waals surface area contributed by atoms with Crippen LogP contribution in [0.3, 0.4) is 0 Å². The molecule has 0 aliphatic heterocycles. The molecule has 0 saturated carbocycles. The van der Waals surface area contributed by atoms with Crippen LogP contribution < -0.4 is 10.6 Å². The molecule has 1 aromatic heterocycles. The summed E-state index contributed by atoms with van der Waals surface area (Å²) in [6, 6.07) is 17.3. The predicted octanol–water partition coefficient (Wildman–Crippen LogP) is 3.36. The molecule has 0 bridgehead atoms. The summed E-state index contributed by atoms with van der Waals surface area (Å²) in [5.41, 5.74) is 8.75. The number of para-hydroxylation sites is 1. The zero-order chi connectivity index (χ0) is 18.7. The third-order valence-electron chi connectivity index (χ3n) is 4.60. The topological polar surface area (TPSA) is 68.3 Å². The fourth-order valence-electron chi connectivity index (χ4n) is 3.25. The molecule has 5 nitrogen and oxygen atoms in total. The van der Waals surface area contributed by atoms with Crippen LogP contribution in [0, 0.1) is 0 Å². The van der Waals surface area contributed by atoms with Crippen LogP contribution in [0.15, 0.2) is 54.6 Å². The van der Waals surface area contributed by atoms with Gasteiger partial charge in [-0.05, 0) is 43.2 Å². The zero-order valence-electron chi connectivity index (χ0n) is 15.1. The number of aromatic nitrogens is 1. The summed E-state index contributed by atoms with van der Waals surface area (Å²) >= 11 is 0. The number of benzene rings is 2. The second-order valence-electron chi connectivity index (χ2n) is 6.20. The molecule has 0 atom stereocenters. The number of hydrogen-bond donors (Lipinski definition) is 1. The number of fused-ring (bicyclic) bond motifs is 1. The number of amides is 2. The summed E-state index contributed by atoms with van der Waals surface area (Å²) in [4.78, 5) is 26.6. The summed E-state index contributed by atoms with van der Waals surface area (Å²) in [5.74, 6) is -0.616. The lowest BCUT2D eigenvalue weighted by Gasteiger charge is -2.22. The predicted molar refractivity (Wildman–Crippen MR) is 104 cm³/mol. The SMILES string of the molecule is CCc1cccc(N(CC)C(=O)Cn2c(C(N)=O)cc3ccccc32)c1. The minimum Gasteiger partial charge on any atom is -0.364 e. The molecule has 2 N–H and O–H groups in total. The first-order chi connectivity index (χ1) is 12.5. The molecule has 2 amide bonds. The highest BCUT2D eigenvalue weighted by Crippen LogP contribution is 2.22. The summed E-state index contributed by atoms with van der Waals surface area (Å²) < 4.78 is 1.70. The Morgan fingerprint density at radius 2 is 1.81 bits per heavy atom. The van der Waals surface area contributed by atoms with Gasteiger partial charge in [-0.2, -0.15) is 0 Å². The number of nitrogens with two attached hydrogens (primary N) is 1. The van der Waals surface area contributed by atoms with Crippen molar-refractivity contribution in [1.29, 1.82) is 0 Å². The van der Waals surface area contributed by atoms with Gasteiger partial charge in [-0.25, -0.2) is 0 Å². The maximum atomic E-state index is 13.0. The number of anilines is 1. The third-order valence-corrected chi connectivity index (χ3v) is 4.60. The number of hydrogen-bond acceptors (Lipinski definition) is 2. The van der Waals surface area contributed by atoms with Gasteiger partial charge in [0.25, 0.3) is 5.91 Å². The van der Waals surface area contributed by atoms with E-state index in [1.807, 2.05) is 55.5 Å². The first-order valence-corrected chi connectivity index (χ1v) is 8.82. The van der Waals surface area contributed by atoms with Crippen molar-refractivity contribution in [1.82, 2.24) is 4.57 Å². The van der Waals surface area contributed by atoms with Crippen molar-refractivity contribution in [3.8, 4) is 0 Å². The van der Waals surface area contributed by atoms with Gasteiger partial charge in [0.2, 0.25) is 5.91 Å². The Bertz CT molecular complexity index is 959. The van der Waals surface area contributed by atoms with Crippen LogP contribution in [0.5, 0.6) is 0 Å². The number of nitrogens with zero attached hydrogens (tertiary/aromatic N) is 2. The molecular weight excluding hydrogens is 326 g/mol. The van der Waals surface area contributed by atoms with Crippen molar-refractivity contribution in [3.05, 3.63) is 65.9 Å². The maximum Gasteiger partial charge on any atom is 0.265 e. The van der Waals surface area contributed by atoms with E-state index in [1.54, 1.807) is 15.5 Å². The van der Waals surface area contributed by atoms with Gasteiger partial charge in [-0.1, -0.05) is 37.3 Å². The Labute approximate surface area is 153 Å². The van der Waals surface area contributed by atoms with Gasteiger partial charge < -0.3 is 15.2 Å². The first kappa shape index (κ1) is 17.7. The molecule has 0 radical (unpaired) electrons. The van der Waals surface area contributed by atoms with Gasteiger partial charge in [0.15, 0.2) is 0 Å². The average Bonchev–Trinajstić information content (AvgIpc) is 3.01. The van der Waals surface area contributed by atoms with Gasteiger partial charge in [-0.15, -0.1) is 0 Å². The van der Waals surface area contributed by atoms with E-state index in [4.69, 9.17) is 5.73 Å².